The number of carbonyl (C=O) groups is 3. The summed E-state index contributed by atoms with van der Waals surface area (Å²) >= 11 is 0. The number of rotatable bonds is 7. The number of nitrogens with zero attached hydrogens (tertiary/aromatic N) is 3. The molecule has 0 aliphatic carbocycles. The van der Waals surface area contributed by atoms with E-state index in [9.17, 15) is 14.4 Å². The molecule has 0 unspecified atom stereocenters. The van der Waals surface area contributed by atoms with Gasteiger partial charge in [0.05, 0.1) is 11.8 Å². The van der Waals surface area contributed by atoms with Crippen molar-refractivity contribution in [3.63, 3.8) is 0 Å². The maximum absolute atomic E-state index is 12.8. The van der Waals surface area contributed by atoms with Crippen LogP contribution in [0.4, 0.5) is 9.59 Å². The normalized spacial score (nSPS) is 13.0. The highest BCUT2D eigenvalue weighted by molar-refractivity contribution is 5.82. The first-order valence-electron chi connectivity index (χ1n) is 10.1. The lowest BCUT2D eigenvalue weighted by atomic mass is 10.1. The number of aromatic nitrogens is 2. The van der Waals surface area contributed by atoms with Gasteiger partial charge in [-0.15, -0.1) is 0 Å². The van der Waals surface area contributed by atoms with E-state index in [-0.39, 0.29) is 13.2 Å². The van der Waals surface area contributed by atoms with Gasteiger partial charge < -0.3 is 18.9 Å². The summed E-state index contributed by atoms with van der Waals surface area (Å²) in [6, 6.07) is -1.07. The molecule has 0 radical (unpaired) electrons. The molecule has 1 aromatic heterocycles. The third-order valence-corrected chi connectivity index (χ3v) is 3.54. The Kier molecular flexibility index (Phi) is 9.04. The number of carbonyl (C=O) groups excluding carboxylic acids is 3. The highest BCUT2D eigenvalue weighted by Crippen LogP contribution is 2.17. The second-order valence-electron chi connectivity index (χ2n) is 9.33. The Morgan fingerprint density at radius 3 is 2.13 bits per heavy atom. The average Bonchev–Trinajstić information content (AvgIpc) is 3.03. The number of hydrogen-bond acceptors (Lipinski definition) is 8. The largest absolute Gasteiger partial charge is 0.461 e. The summed E-state index contributed by atoms with van der Waals surface area (Å²) in [6.07, 6.45) is 1.01. The predicted octanol–water partition coefficient (Wildman–Crippen LogP) is 3.37. The summed E-state index contributed by atoms with van der Waals surface area (Å²) in [7, 11) is 1.40. The zero-order valence-corrected chi connectivity index (χ0v) is 19.9. The molecule has 0 saturated carbocycles. The summed E-state index contributed by atoms with van der Waals surface area (Å²) in [5, 5.41) is 0. The molecule has 0 bridgehead atoms. The molecule has 10 nitrogen and oxygen atoms in total. The van der Waals surface area contributed by atoms with Gasteiger partial charge in [0.15, 0.2) is 0 Å². The lowest BCUT2D eigenvalue weighted by Crippen LogP contribution is -2.50. The van der Waals surface area contributed by atoms with Crippen LogP contribution in [0, 0.1) is 0 Å². The molecule has 0 fully saturated rings. The molecule has 10 heteroatoms. The average molecular weight is 442 g/mol. The first-order chi connectivity index (χ1) is 14.1. The Balaban J connectivity index is 3.17. The van der Waals surface area contributed by atoms with Crippen molar-refractivity contribution in [1.82, 2.24) is 14.5 Å². The number of imidazole rings is 1. The number of methoxy groups -OCH3 is 1. The van der Waals surface area contributed by atoms with Gasteiger partial charge in [-0.2, -0.15) is 0 Å². The summed E-state index contributed by atoms with van der Waals surface area (Å²) in [4.78, 5) is 43.1. The molecule has 176 valence electrons. The first kappa shape index (κ1) is 26.4. The van der Waals surface area contributed by atoms with E-state index in [1.807, 2.05) is 0 Å². The molecule has 1 aromatic rings. The zero-order valence-electron chi connectivity index (χ0n) is 19.9. The SMILES string of the molecule is COCN(C(=O)OC(C)(C)C)[C@@H](Cc1cn(C(=O)OC(C)(C)C)cn1)C(=O)OC(C)C. The molecule has 0 aliphatic heterocycles. The quantitative estimate of drug-likeness (QED) is 0.360. The van der Waals surface area contributed by atoms with Gasteiger partial charge in [-0.25, -0.2) is 23.9 Å². The lowest BCUT2D eigenvalue weighted by Gasteiger charge is -2.31. The van der Waals surface area contributed by atoms with Crippen LogP contribution in [0.1, 0.15) is 61.1 Å². The highest BCUT2D eigenvalue weighted by atomic mass is 16.6. The summed E-state index contributed by atoms with van der Waals surface area (Å²) in [5.41, 5.74) is -1.05. The van der Waals surface area contributed by atoms with Crippen molar-refractivity contribution in [2.45, 2.75) is 85.2 Å². The van der Waals surface area contributed by atoms with Gasteiger partial charge in [-0.3, -0.25) is 4.90 Å². The van der Waals surface area contributed by atoms with Crippen molar-refractivity contribution in [1.29, 1.82) is 0 Å². The molecule has 0 aliphatic rings. The minimum atomic E-state index is -1.07. The second-order valence-corrected chi connectivity index (χ2v) is 9.33. The van der Waals surface area contributed by atoms with Gasteiger partial charge in [-0.1, -0.05) is 0 Å². The number of ether oxygens (including phenoxy) is 4. The number of esters is 1. The summed E-state index contributed by atoms with van der Waals surface area (Å²) in [6.45, 7) is 13.7. The van der Waals surface area contributed by atoms with Gasteiger partial charge in [-0.05, 0) is 55.4 Å². The van der Waals surface area contributed by atoms with Crippen LogP contribution in [-0.4, -0.2) is 69.8 Å². The van der Waals surface area contributed by atoms with Crippen LogP contribution in [0.5, 0.6) is 0 Å². The minimum Gasteiger partial charge on any atom is -0.461 e. The maximum Gasteiger partial charge on any atom is 0.419 e. The molecule has 1 amide bonds. The fraction of sp³-hybridized carbons (Fsp3) is 0.714. The van der Waals surface area contributed by atoms with E-state index in [4.69, 9.17) is 18.9 Å². The van der Waals surface area contributed by atoms with Crippen LogP contribution in [0.2, 0.25) is 0 Å². The Morgan fingerprint density at radius 1 is 1.06 bits per heavy atom. The Bertz CT molecular complexity index is 760. The molecule has 0 aromatic carbocycles. The molecular weight excluding hydrogens is 406 g/mol. The van der Waals surface area contributed by atoms with Crippen LogP contribution in [-0.2, 0) is 30.2 Å². The van der Waals surface area contributed by atoms with E-state index in [1.54, 1.807) is 55.4 Å². The third-order valence-electron chi connectivity index (χ3n) is 3.54. The molecule has 0 saturated heterocycles. The fourth-order valence-electron chi connectivity index (χ4n) is 2.44. The number of amides is 1. The van der Waals surface area contributed by atoms with Gasteiger partial charge in [0.25, 0.3) is 0 Å². The van der Waals surface area contributed by atoms with Gasteiger partial charge >= 0.3 is 18.2 Å². The molecule has 31 heavy (non-hydrogen) atoms. The second kappa shape index (κ2) is 10.6. The van der Waals surface area contributed by atoms with Crippen molar-refractivity contribution in [3.8, 4) is 0 Å². The van der Waals surface area contributed by atoms with E-state index in [0.717, 1.165) is 4.90 Å². The maximum atomic E-state index is 12.8. The van der Waals surface area contributed by atoms with Crippen molar-refractivity contribution in [3.05, 3.63) is 18.2 Å². The van der Waals surface area contributed by atoms with Gasteiger partial charge in [0.1, 0.15) is 30.3 Å². The highest BCUT2D eigenvalue weighted by Gasteiger charge is 2.35. The zero-order chi connectivity index (χ0) is 24.0. The molecule has 0 N–H and O–H groups in total. The number of hydrogen-bond donors (Lipinski definition) is 0. The fourth-order valence-corrected chi connectivity index (χ4v) is 2.44. The van der Waals surface area contributed by atoms with Crippen molar-refractivity contribution in [2.75, 3.05) is 13.8 Å². The smallest absolute Gasteiger partial charge is 0.419 e. The summed E-state index contributed by atoms with van der Waals surface area (Å²) in [5.74, 6) is -0.635. The van der Waals surface area contributed by atoms with Crippen LogP contribution in [0.15, 0.2) is 12.5 Å². The Morgan fingerprint density at radius 2 is 1.65 bits per heavy atom. The van der Waals surface area contributed by atoms with E-state index < -0.39 is 41.5 Å². The standard InChI is InChI=1S/C21H35N3O7/c1-14(2)29-17(25)16(24(13-28-9)19(27)31-21(6,7)8)10-15-11-23(12-22-15)18(26)30-20(3,4)5/h11-12,14,16H,10,13H2,1-9H3/t16-/m0/s1. The van der Waals surface area contributed by atoms with E-state index in [1.165, 1.54) is 24.2 Å². The summed E-state index contributed by atoms with van der Waals surface area (Å²) < 4.78 is 22.4. The van der Waals surface area contributed by atoms with Crippen molar-refractivity contribution < 1.29 is 33.3 Å². The van der Waals surface area contributed by atoms with Crippen LogP contribution < -0.4 is 0 Å². The van der Waals surface area contributed by atoms with Crippen molar-refractivity contribution >= 4 is 18.2 Å². The van der Waals surface area contributed by atoms with Crippen LogP contribution in [0.3, 0.4) is 0 Å². The van der Waals surface area contributed by atoms with Crippen LogP contribution >= 0.6 is 0 Å². The third kappa shape index (κ3) is 9.37. The van der Waals surface area contributed by atoms with Crippen LogP contribution in [0.25, 0.3) is 0 Å². The first-order valence-corrected chi connectivity index (χ1v) is 10.1. The molecule has 0 spiro atoms. The van der Waals surface area contributed by atoms with E-state index >= 15 is 0 Å². The Hall–Kier alpha value is -2.62. The van der Waals surface area contributed by atoms with Crippen molar-refractivity contribution in [2.24, 2.45) is 0 Å². The molecular formula is C21H35N3O7. The topological polar surface area (TPSA) is 109 Å². The van der Waals surface area contributed by atoms with E-state index in [2.05, 4.69) is 4.98 Å². The van der Waals surface area contributed by atoms with Gasteiger partial charge in [0, 0.05) is 19.7 Å². The minimum absolute atomic E-state index is 0.00997. The van der Waals surface area contributed by atoms with E-state index in [0.29, 0.717) is 5.69 Å². The molecule has 1 heterocycles. The molecule has 1 rings (SSSR count). The van der Waals surface area contributed by atoms with Gasteiger partial charge in [0.2, 0.25) is 0 Å². The molecule has 1 atom stereocenters. The predicted molar refractivity (Wildman–Crippen MR) is 113 cm³/mol. The lowest BCUT2D eigenvalue weighted by molar-refractivity contribution is -0.155. The monoisotopic (exact) mass is 441 g/mol. The Labute approximate surface area is 183 Å².